The summed E-state index contributed by atoms with van der Waals surface area (Å²) >= 11 is 1.53. The number of hydrogen-bond acceptors (Lipinski definition) is 7. The fourth-order valence-electron chi connectivity index (χ4n) is 2.99. The monoisotopic (exact) mass is 375 g/mol. The fourth-order valence-corrected chi connectivity index (χ4v) is 3.53. The number of carbonyl (C=O) groups excluding carboxylic acids is 1. The first-order chi connectivity index (χ1) is 12.4. The molecule has 1 atom stereocenters. The number of carbonyl (C=O) groups is 1. The highest BCUT2D eigenvalue weighted by molar-refractivity contribution is 7.13. The van der Waals surface area contributed by atoms with E-state index in [1.165, 1.54) is 11.3 Å². The second-order valence-electron chi connectivity index (χ2n) is 7.50. The molecule has 1 aliphatic rings. The van der Waals surface area contributed by atoms with Gasteiger partial charge < -0.3 is 15.0 Å². The van der Waals surface area contributed by atoms with Crippen LogP contribution in [0.2, 0.25) is 0 Å². The van der Waals surface area contributed by atoms with E-state index in [2.05, 4.69) is 20.3 Å². The van der Waals surface area contributed by atoms with E-state index in [4.69, 9.17) is 4.74 Å². The Labute approximate surface area is 157 Å². The van der Waals surface area contributed by atoms with E-state index in [1.54, 1.807) is 12.5 Å². The smallest absolute Gasteiger partial charge is 0.410 e. The highest BCUT2D eigenvalue weighted by atomic mass is 32.1. The van der Waals surface area contributed by atoms with E-state index in [0.29, 0.717) is 12.5 Å². The first-order valence-corrected chi connectivity index (χ1v) is 9.72. The van der Waals surface area contributed by atoms with Crippen molar-refractivity contribution < 1.29 is 9.53 Å². The predicted octanol–water partition coefficient (Wildman–Crippen LogP) is 3.87. The van der Waals surface area contributed by atoms with Crippen LogP contribution in [0.25, 0.3) is 0 Å². The Morgan fingerprint density at radius 1 is 1.38 bits per heavy atom. The number of hydrogen-bond donors (Lipinski definition) is 1. The van der Waals surface area contributed by atoms with Gasteiger partial charge in [-0.2, -0.15) is 0 Å². The lowest BCUT2D eigenvalue weighted by atomic mass is 9.93. The Balaban J connectivity index is 1.59. The van der Waals surface area contributed by atoms with Crippen LogP contribution in [-0.4, -0.2) is 44.6 Å². The van der Waals surface area contributed by atoms with Crippen LogP contribution >= 0.6 is 11.3 Å². The number of anilines is 2. The van der Waals surface area contributed by atoms with Crippen molar-refractivity contribution >= 4 is 28.4 Å². The molecule has 0 unspecified atom stereocenters. The van der Waals surface area contributed by atoms with Crippen LogP contribution in [0.15, 0.2) is 24.0 Å². The molecule has 0 aromatic carbocycles. The van der Waals surface area contributed by atoms with Crippen LogP contribution in [0.4, 0.5) is 15.7 Å². The molecule has 0 bridgehead atoms. The van der Waals surface area contributed by atoms with Crippen molar-refractivity contribution in [2.75, 3.05) is 18.4 Å². The maximum Gasteiger partial charge on any atom is 0.410 e. The van der Waals surface area contributed by atoms with Gasteiger partial charge in [0.25, 0.3) is 0 Å². The van der Waals surface area contributed by atoms with Gasteiger partial charge in [0.15, 0.2) is 5.13 Å². The topological polar surface area (TPSA) is 80.2 Å². The van der Waals surface area contributed by atoms with Crippen molar-refractivity contribution in [3.05, 3.63) is 29.7 Å². The number of amides is 1. The quantitative estimate of drug-likeness (QED) is 0.874. The molecule has 2 aromatic heterocycles. The molecule has 1 fully saturated rings. The molecule has 0 spiro atoms. The van der Waals surface area contributed by atoms with Gasteiger partial charge in [-0.3, -0.25) is 0 Å². The lowest BCUT2D eigenvalue weighted by Crippen LogP contribution is -2.43. The van der Waals surface area contributed by atoms with Gasteiger partial charge in [0, 0.05) is 36.4 Å². The Morgan fingerprint density at radius 3 is 2.96 bits per heavy atom. The number of aromatic nitrogens is 3. The standard InChI is InChI=1S/C18H25N5O2S/c1-18(2,3)25-17(24)23-7-4-5-13(11-23)9-14-10-15(21-12-20-14)22-16-19-6-8-26-16/h6,8,10,12-13H,4-5,7,9,11H2,1-3H3,(H,19,20,21,22)/t13-/m1/s1. The summed E-state index contributed by atoms with van der Waals surface area (Å²) in [5, 5.41) is 5.91. The Bertz CT molecular complexity index is 729. The van der Waals surface area contributed by atoms with Gasteiger partial charge in [-0.05, 0) is 46.0 Å². The third kappa shape index (κ3) is 5.39. The summed E-state index contributed by atoms with van der Waals surface area (Å²) in [6.45, 7) is 7.14. The molecule has 1 saturated heterocycles. The van der Waals surface area contributed by atoms with E-state index in [0.717, 1.165) is 42.5 Å². The van der Waals surface area contributed by atoms with Crippen molar-refractivity contribution in [1.29, 1.82) is 0 Å². The molecule has 3 heterocycles. The first kappa shape index (κ1) is 18.6. The van der Waals surface area contributed by atoms with Gasteiger partial charge >= 0.3 is 6.09 Å². The van der Waals surface area contributed by atoms with Crippen LogP contribution in [0.3, 0.4) is 0 Å². The molecule has 1 N–H and O–H groups in total. The summed E-state index contributed by atoms with van der Waals surface area (Å²) in [5.74, 6) is 1.11. The van der Waals surface area contributed by atoms with Gasteiger partial charge in [0.1, 0.15) is 17.7 Å². The van der Waals surface area contributed by atoms with Crippen molar-refractivity contribution in [2.45, 2.75) is 45.6 Å². The second kappa shape index (κ2) is 7.99. The molecule has 7 nitrogen and oxygen atoms in total. The minimum atomic E-state index is -0.465. The van der Waals surface area contributed by atoms with E-state index in [1.807, 2.05) is 37.1 Å². The molecular weight excluding hydrogens is 350 g/mol. The van der Waals surface area contributed by atoms with E-state index >= 15 is 0 Å². The zero-order valence-corrected chi connectivity index (χ0v) is 16.3. The summed E-state index contributed by atoms with van der Waals surface area (Å²) in [5.41, 5.74) is 0.502. The second-order valence-corrected chi connectivity index (χ2v) is 8.39. The number of thiazole rings is 1. The summed E-state index contributed by atoms with van der Waals surface area (Å²) in [6, 6.07) is 1.95. The van der Waals surface area contributed by atoms with E-state index in [-0.39, 0.29) is 6.09 Å². The van der Waals surface area contributed by atoms with Gasteiger partial charge in [0.05, 0.1) is 0 Å². The molecule has 140 valence electrons. The van der Waals surface area contributed by atoms with Crippen molar-refractivity contribution in [3.63, 3.8) is 0 Å². The maximum atomic E-state index is 12.3. The maximum absolute atomic E-state index is 12.3. The molecule has 1 amide bonds. The summed E-state index contributed by atoms with van der Waals surface area (Å²) in [7, 11) is 0. The van der Waals surface area contributed by atoms with Crippen molar-refractivity contribution in [1.82, 2.24) is 19.9 Å². The molecule has 8 heteroatoms. The number of nitrogens with zero attached hydrogens (tertiary/aromatic N) is 4. The van der Waals surface area contributed by atoms with E-state index in [9.17, 15) is 4.79 Å². The molecular formula is C18H25N5O2S. The van der Waals surface area contributed by atoms with Crippen LogP contribution in [0, 0.1) is 5.92 Å². The van der Waals surface area contributed by atoms with Gasteiger partial charge in [-0.15, -0.1) is 11.3 Å². The summed E-state index contributed by atoms with van der Waals surface area (Å²) in [4.78, 5) is 27.0. The number of rotatable bonds is 4. The number of likely N-dealkylation sites (tertiary alicyclic amines) is 1. The van der Waals surface area contributed by atoms with Crippen molar-refractivity contribution in [2.24, 2.45) is 5.92 Å². The average molecular weight is 375 g/mol. The number of nitrogens with one attached hydrogen (secondary N) is 1. The number of piperidine rings is 1. The van der Waals surface area contributed by atoms with Gasteiger partial charge in [-0.1, -0.05) is 0 Å². The van der Waals surface area contributed by atoms with Crippen LogP contribution in [-0.2, 0) is 11.2 Å². The van der Waals surface area contributed by atoms with Gasteiger partial charge in [-0.25, -0.2) is 19.7 Å². The lowest BCUT2D eigenvalue weighted by Gasteiger charge is -2.34. The highest BCUT2D eigenvalue weighted by Crippen LogP contribution is 2.23. The minimum absolute atomic E-state index is 0.226. The number of ether oxygens (including phenoxy) is 1. The highest BCUT2D eigenvalue weighted by Gasteiger charge is 2.27. The molecule has 26 heavy (non-hydrogen) atoms. The zero-order valence-electron chi connectivity index (χ0n) is 15.4. The Morgan fingerprint density at radius 2 is 2.23 bits per heavy atom. The summed E-state index contributed by atoms with van der Waals surface area (Å²) < 4.78 is 5.50. The van der Waals surface area contributed by atoms with Gasteiger partial charge in [0.2, 0.25) is 0 Å². The third-order valence-electron chi connectivity index (χ3n) is 4.06. The minimum Gasteiger partial charge on any atom is -0.444 e. The van der Waals surface area contributed by atoms with Crippen LogP contribution < -0.4 is 5.32 Å². The normalized spacial score (nSPS) is 17.8. The lowest BCUT2D eigenvalue weighted by molar-refractivity contribution is 0.0165. The Kier molecular flexibility index (Phi) is 5.70. The van der Waals surface area contributed by atoms with E-state index < -0.39 is 5.60 Å². The molecule has 0 radical (unpaired) electrons. The molecule has 3 rings (SSSR count). The largest absolute Gasteiger partial charge is 0.444 e. The molecule has 0 aliphatic carbocycles. The predicted molar refractivity (Wildman–Crippen MR) is 102 cm³/mol. The SMILES string of the molecule is CC(C)(C)OC(=O)N1CCC[C@H](Cc2cc(Nc3nccs3)ncn2)C1. The van der Waals surface area contributed by atoms with Crippen LogP contribution in [0.1, 0.15) is 39.3 Å². The zero-order chi connectivity index (χ0) is 18.6. The summed E-state index contributed by atoms with van der Waals surface area (Å²) in [6.07, 6.45) is 5.98. The fraction of sp³-hybridized carbons (Fsp3) is 0.556. The molecule has 2 aromatic rings. The first-order valence-electron chi connectivity index (χ1n) is 8.84. The molecule has 1 aliphatic heterocycles. The van der Waals surface area contributed by atoms with Crippen molar-refractivity contribution in [3.8, 4) is 0 Å². The third-order valence-corrected chi connectivity index (χ3v) is 4.75. The molecule has 0 saturated carbocycles. The average Bonchev–Trinajstić information content (AvgIpc) is 3.07. The van der Waals surface area contributed by atoms with Crippen LogP contribution in [0.5, 0.6) is 0 Å². The Hall–Kier alpha value is -2.22.